The number of aliphatic hydroxyl groups is 3. The van der Waals surface area contributed by atoms with Crippen LogP contribution in [0.15, 0.2) is 36.5 Å². The van der Waals surface area contributed by atoms with Crippen molar-refractivity contribution in [2.75, 3.05) is 11.5 Å². The summed E-state index contributed by atoms with van der Waals surface area (Å²) in [4.78, 5) is 27.8. The van der Waals surface area contributed by atoms with Gasteiger partial charge in [-0.3, -0.25) is 9.59 Å². The zero-order valence-corrected chi connectivity index (χ0v) is 23.6. The lowest BCUT2D eigenvalue weighted by molar-refractivity contribution is -0.216. The molecule has 5 rings (SSSR count). The predicted octanol–water partition coefficient (Wildman–Crippen LogP) is 2.04. The highest BCUT2D eigenvalue weighted by Crippen LogP contribution is 2.38. The van der Waals surface area contributed by atoms with Crippen LogP contribution < -0.4 is 4.90 Å². The number of anilines is 1. The number of carbonyl (C=O) groups is 2. The Morgan fingerprint density at radius 2 is 1.89 bits per heavy atom. The van der Waals surface area contributed by atoms with Crippen molar-refractivity contribution in [1.29, 1.82) is 5.26 Å². The minimum absolute atomic E-state index is 0.116. The molecule has 232 valence electrons. The first-order chi connectivity index (χ1) is 20.9. The summed E-state index contributed by atoms with van der Waals surface area (Å²) in [5.41, 5.74) is -0.109. The summed E-state index contributed by atoms with van der Waals surface area (Å²) in [6, 6.07) is 5.22. The number of carbonyl (C=O) groups excluding carboxylic acids is 2. The number of esters is 1. The van der Waals surface area contributed by atoms with Crippen LogP contribution in [0.1, 0.15) is 31.4 Å². The van der Waals surface area contributed by atoms with Crippen LogP contribution >= 0.6 is 11.6 Å². The van der Waals surface area contributed by atoms with Crippen molar-refractivity contribution in [3.8, 4) is 17.3 Å². The second-order valence-corrected chi connectivity index (χ2v) is 10.8. The Hall–Kier alpha value is -4.07. The molecule has 1 aliphatic carbocycles. The van der Waals surface area contributed by atoms with E-state index in [0.29, 0.717) is 25.0 Å². The van der Waals surface area contributed by atoms with Crippen LogP contribution in [0.3, 0.4) is 0 Å². The molecule has 2 aliphatic rings. The molecule has 44 heavy (non-hydrogen) atoms. The Morgan fingerprint density at radius 1 is 1.18 bits per heavy atom. The number of amides is 1. The Bertz CT molecular complexity index is 1610. The van der Waals surface area contributed by atoms with Crippen LogP contribution in [0.5, 0.6) is 0 Å². The van der Waals surface area contributed by atoms with Crippen molar-refractivity contribution in [2.45, 2.75) is 62.4 Å². The van der Waals surface area contributed by atoms with Crippen LogP contribution in [-0.2, 0) is 19.1 Å². The van der Waals surface area contributed by atoms with Gasteiger partial charge in [-0.25, -0.2) is 17.9 Å². The molecule has 1 saturated carbocycles. The van der Waals surface area contributed by atoms with E-state index < -0.39 is 78.5 Å². The van der Waals surface area contributed by atoms with Gasteiger partial charge in [0.2, 0.25) is 0 Å². The molecule has 16 heteroatoms. The topological polar surface area (TPSA) is 171 Å². The number of aromatic nitrogens is 3. The Balaban J connectivity index is 1.58. The predicted molar refractivity (Wildman–Crippen MR) is 144 cm³/mol. The first-order valence-electron chi connectivity index (χ1n) is 13.3. The molecule has 3 N–H and O–H groups in total. The van der Waals surface area contributed by atoms with E-state index in [9.17, 15) is 43.3 Å². The van der Waals surface area contributed by atoms with Gasteiger partial charge < -0.3 is 29.7 Å². The molecule has 2 fully saturated rings. The number of ether oxygens (including phenoxy) is 2. The summed E-state index contributed by atoms with van der Waals surface area (Å²) in [6.45, 7) is 0.246. The zero-order chi connectivity index (χ0) is 31.9. The molecule has 3 aromatic rings. The van der Waals surface area contributed by atoms with E-state index in [-0.39, 0.29) is 27.5 Å². The van der Waals surface area contributed by atoms with E-state index in [1.54, 1.807) is 0 Å². The summed E-state index contributed by atoms with van der Waals surface area (Å²) >= 11 is 6.21. The fourth-order valence-electron chi connectivity index (χ4n) is 5.34. The van der Waals surface area contributed by atoms with Gasteiger partial charge >= 0.3 is 5.97 Å². The number of aliphatic hydroxyl groups excluding tert-OH is 3. The molecule has 0 radical (unpaired) electrons. The van der Waals surface area contributed by atoms with Crippen molar-refractivity contribution in [3.05, 3.63) is 64.6 Å². The SMILES string of the molecule is CC(=O)O[C@@H]1[C@@H](n2cc(-c3cc(F)c(F)c(F)c3)nn2)[C@@H](O)[C@@H](CO)O[C@H]1C(=O)N(c1cc(Cl)cc(C#N)c1)[C@@H]1CC[C@H]1O. The Morgan fingerprint density at radius 3 is 2.45 bits per heavy atom. The molecule has 12 nitrogen and oxygen atoms in total. The van der Waals surface area contributed by atoms with Gasteiger partial charge in [-0.15, -0.1) is 5.10 Å². The van der Waals surface area contributed by atoms with E-state index in [4.69, 9.17) is 21.1 Å². The third-order valence-electron chi connectivity index (χ3n) is 7.57. The van der Waals surface area contributed by atoms with Crippen molar-refractivity contribution < 1.29 is 47.6 Å². The Labute approximate surface area is 252 Å². The number of nitrogens with zero attached hydrogens (tertiary/aromatic N) is 5. The number of nitriles is 1. The van der Waals surface area contributed by atoms with Gasteiger partial charge in [0.25, 0.3) is 5.91 Å². The number of halogens is 4. The number of hydrogen-bond donors (Lipinski definition) is 3. The van der Waals surface area contributed by atoms with Crippen LogP contribution in [0.2, 0.25) is 5.02 Å². The standard InChI is InChI=1S/C28H25ClF3N5O7/c1-12(39)43-26-24(36-10-19(34-35-36)14-6-17(30)23(32)18(31)7-14)25(41)22(11-38)44-27(26)28(42)37(20-2-3-21(20)40)16-5-13(9-33)4-15(29)8-16/h4-8,10,20-22,24-27,38,40-41H,2-3,11H2,1H3/t20-,21-,22-,24+,25+,26-,27-/m1/s1. The summed E-state index contributed by atoms with van der Waals surface area (Å²) in [5, 5.41) is 49.1. The summed E-state index contributed by atoms with van der Waals surface area (Å²) in [7, 11) is 0. The molecule has 0 spiro atoms. The van der Waals surface area contributed by atoms with Crippen LogP contribution in [0, 0.1) is 28.8 Å². The summed E-state index contributed by atoms with van der Waals surface area (Å²) in [6.07, 6.45) is -5.53. The normalized spacial score (nSPS) is 26.4. The quantitative estimate of drug-likeness (QED) is 0.258. The maximum Gasteiger partial charge on any atom is 0.303 e. The minimum atomic E-state index is -1.71. The molecule has 1 aliphatic heterocycles. The first-order valence-corrected chi connectivity index (χ1v) is 13.7. The van der Waals surface area contributed by atoms with Crippen molar-refractivity contribution in [1.82, 2.24) is 15.0 Å². The third kappa shape index (κ3) is 5.86. The molecule has 7 atom stereocenters. The largest absolute Gasteiger partial charge is 0.457 e. The summed E-state index contributed by atoms with van der Waals surface area (Å²) in [5.74, 6) is -6.40. The summed E-state index contributed by atoms with van der Waals surface area (Å²) < 4.78 is 53.6. The average Bonchev–Trinajstić information content (AvgIpc) is 3.46. The monoisotopic (exact) mass is 635 g/mol. The molecule has 0 bridgehead atoms. The fraction of sp³-hybridized carbons (Fsp3) is 0.393. The number of rotatable bonds is 7. The molecule has 1 saturated heterocycles. The zero-order valence-electron chi connectivity index (χ0n) is 22.8. The van der Waals surface area contributed by atoms with Crippen molar-refractivity contribution >= 4 is 29.2 Å². The lowest BCUT2D eigenvalue weighted by Gasteiger charge is -2.47. The first kappa shape index (κ1) is 31.4. The molecule has 2 heterocycles. The highest BCUT2D eigenvalue weighted by atomic mass is 35.5. The van der Waals surface area contributed by atoms with Crippen LogP contribution in [0.25, 0.3) is 11.3 Å². The molecule has 1 amide bonds. The number of hydrogen-bond acceptors (Lipinski definition) is 10. The second-order valence-electron chi connectivity index (χ2n) is 10.4. The highest BCUT2D eigenvalue weighted by molar-refractivity contribution is 6.31. The van der Waals surface area contributed by atoms with Crippen LogP contribution in [0.4, 0.5) is 18.9 Å². The lowest BCUT2D eigenvalue weighted by Crippen LogP contribution is -2.64. The van der Waals surface area contributed by atoms with E-state index in [0.717, 1.165) is 17.8 Å². The van der Waals surface area contributed by atoms with Crippen molar-refractivity contribution in [3.63, 3.8) is 0 Å². The van der Waals surface area contributed by atoms with Gasteiger partial charge in [-0.1, -0.05) is 16.8 Å². The van der Waals surface area contributed by atoms with E-state index in [1.807, 2.05) is 6.07 Å². The van der Waals surface area contributed by atoms with Gasteiger partial charge in [-0.05, 0) is 43.2 Å². The molecule has 2 aromatic carbocycles. The third-order valence-corrected chi connectivity index (χ3v) is 7.79. The number of benzene rings is 2. The fourth-order valence-corrected chi connectivity index (χ4v) is 5.57. The van der Waals surface area contributed by atoms with E-state index in [1.165, 1.54) is 23.1 Å². The van der Waals surface area contributed by atoms with Gasteiger partial charge in [0.15, 0.2) is 29.7 Å². The molecular weight excluding hydrogens is 611 g/mol. The van der Waals surface area contributed by atoms with Gasteiger partial charge in [0.1, 0.15) is 23.9 Å². The lowest BCUT2D eigenvalue weighted by atomic mass is 9.85. The smallest absolute Gasteiger partial charge is 0.303 e. The van der Waals surface area contributed by atoms with E-state index in [2.05, 4.69) is 10.3 Å². The van der Waals surface area contributed by atoms with E-state index >= 15 is 0 Å². The van der Waals surface area contributed by atoms with Gasteiger partial charge in [0.05, 0.1) is 36.6 Å². The maximum absolute atomic E-state index is 14.3. The van der Waals surface area contributed by atoms with Gasteiger partial charge in [-0.2, -0.15) is 5.26 Å². The molecule has 0 unspecified atom stereocenters. The van der Waals surface area contributed by atoms with Crippen LogP contribution in [-0.4, -0.2) is 85.4 Å². The Kier molecular flexibility index (Phi) is 8.91. The van der Waals surface area contributed by atoms with Crippen molar-refractivity contribution in [2.24, 2.45) is 0 Å². The highest BCUT2D eigenvalue weighted by Gasteiger charge is 2.54. The molecular formula is C28H25ClF3N5O7. The molecule has 1 aromatic heterocycles. The van der Waals surface area contributed by atoms with Gasteiger partial charge in [0, 0.05) is 23.2 Å². The average molecular weight is 636 g/mol. The second kappa shape index (κ2) is 12.5. The maximum atomic E-state index is 14.3. The minimum Gasteiger partial charge on any atom is -0.457 e.